The monoisotopic (exact) mass is 238 g/mol. The van der Waals surface area contributed by atoms with Crippen molar-refractivity contribution in [3.8, 4) is 0 Å². The third kappa shape index (κ3) is 2.48. The van der Waals surface area contributed by atoms with Crippen LogP contribution in [0.5, 0.6) is 0 Å². The Bertz CT molecular complexity index is 397. The van der Waals surface area contributed by atoms with Crippen molar-refractivity contribution in [3.63, 3.8) is 0 Å². The number of primary amides is 1. The second-order valence-electron chi connectivity index (χ2n) is 3.81. The minimum Gasteiger partial charge on any atom is -0.350 e. The molecule has 0 aromatic heterocycles. The second kappa shape index (κ2) is 4.76. The Kier molecular flexibility index (Phi) is 3.36. The molecule has 1 unspecified atom stereocenters. The van der Waals surface area contributed by atoms with Gasteiger partial charge in [0.1, 0.15) is 0 Å². The number of amides is 2. The van der Waals surface area contributed by atoms with Gasteiger partial charge in [0, 0.05) is 10.1 Å². The van der Waals surface area contributed by atoms with Gasteiger partial charge >= 0.3 is 6.03 Å². The molecule has 1 atom stereocenters. The van der Waals surface area contributed by atoms with Crippen LogP contribution in [-0.2, 0) is 6.42 Å². The number of nitrogens with zero attached hydrogens (tertiary/aromatic N) is 1. The topological polar surface area (TPSA) is 66.6 Å². The minimum absolute atomic E-state index is 0.215. The van der Waals surface area contributed by atoms with Crippen molar-refractivity contribution >= 4 is 17.8 Å². The fourth-order valence-electron chi connectivity index (χ4n) is 1.79. The summed E-state index contributed by atoms with van der Waals surface area (Å²) in [4.78, 5) is 11.9. The molecule has 0 saturated carbocycles. The number of nitrogens with two attached hydrogens (primary N) is 1. The first-order chi connectivity index (χ1) is 7.66. The highest BCUT2D eigenvalue weighted by Crippen LogP contribution is 2.35. The van der Waals surface area contributed by atoms with Crippen LogP contribution >= 0.6 is 11.8 Å². The van der Waals surface area contributed by atoms with E-state index in [2.05, 4.69) is 12.1 Å². The van der Waals surface area contributed by atoms with Crippen molar-refractivity contribution in [1.82, 2.24) is 5.06 Å². The first-order valence-corrected chi connectivity index (χ1v) is 6.05. The van der Waals surface area contributed by atoms with Crippen LogP contribution in [0.25, 0.3) is 0 Å². The average molecular weight is 238 g/mol. The highest BCUT2D eigenvalue weighted by molar-refractivity contribution is 8.00. The quantitative estimate of drug-likeness (QED) is 0.610. The Morgan fingerprint density at radius 2 is 2.31 bits per heavy atom. The number of aryl methyl sites for hydroxylation is 1. The molecule has 0 fully saturated rings. The second-order valence-corrected chi connectivity index (χ2v) is 5.15. The molecule has 5 heteroatoms. The number of fused-ring (bicyclic) bond motifs is 1. The zero-order valence-corrected chi connectivity index (χ0v) is 9.61. The van der Waals surface area contributed by atoms with E-state index in [1.807, 2.05) is 12.1 Å². The lowest BCUT2D eigenvalue weighted by atomic mass is 10.1. The minimum atomic E-state index is -0.792. The predicted molar refractivity (Wildman–Crippen MR) is 62.5 cm³/mol. The van der Waals surface area contributed by atoms with Gasteiger partial charge in [-0.25, -0.2) is 9.86 Å². The first kappa shape index (κ1) is 11.3. The SMILES string of the molecule is NC(=O)N(O)CC1CCc2ccccc2S1. The van der Waals surface area contributed by atoms with Crippen molar-refractivity contribution in [1.29, 1.82) is 0 Å². The van der Waals surface area contributed by atoms with Crippen molar-refractivity contribution in [3.05, 3.63) is 29.8 Å². The van der Waals surface area contributed by atoms with Crippen LogP contribution in [0.4, 0.5) is 4.79 Å². The van der Waals surface area contributed by atoms with Crippen LogP contribution in [0.3, 0.4) is 0 Å². The maximum Gasteiger partial charge on any atom is 0.338 e. The van der Waals surface area contributed by atoms with Gasteiger partial charge in [-0.2, -0.15) is 0 Å². The molecule has 1 aromatic carbocycles. The molecule has 16 heavy (non-hydrogen) atoms. The maximum absolute atomic E-state index is 10.7. The number of carbonyl (C=O) groups excluding carboxylic acids is 1. The maximum atomic E-state index is 10.7. The number of urea groups is 1. The Morgan fingerprint density at radius 3 is 3.06 bits per heavy atom. The third-order valence-corrected chi connectivity index (χ3v) is 4.00. The van der Waals surface area contributed by atoms with Gasteiger partial charge in [-0.15, -0.1) is 11.8 Å². The number of hydrogen-bond donors (Lipinski definition) is 2. The lowest BCUT2D eigenvalue weighted by Crippen LogP contribution is -2.38. The fraction of sp³-hybridized carbons (Fsp3) is 0.364. The molecule has 0 radical (unpaired) electrons. The summed E-state index contributed by atoms with van der Waals surface area (Å²) in [6.45, 7) is 0.286. The standard InChI is InChI=1S/C11H14N2O2S/c12-11(14)13(15)7-9-6-5-8-3-1-2-4-10(8)16-9/h1-4,9,15H,5-7H2,(H2,12,14). The number of carbonyl (C=O) groups is 1. The van der Waals surface area contributed by atoms with Gasteiger partial charge in [0.05, 0.1) is 6.54 Å². The molecule has 1 aliphatic rings. The Hall–Kier alpha value is -1.20. The Balaban J connectivity index is 2.00. The van der Waals surface area contributed by atoms with Gasteiger partial charge in [-0.1, -0.05) is 18.2 Å². The van der Waals surface area contributed by atoms with Gasteiger partial charge in [0.15, 0.2) is 0 Å². The van der Waals surface area contributed by atoms with Crippen molar-refractivity contribution in [2.75, 3.05) is 6.54 Å². The molecule has 0 aliphatic carbocycles. The molecule has 1 aliphatic heterocycles. The van der Waals surface area contributed by atoms with E-state index < -0.39 is 6.03 Å². The van der Waals surface area contributed by atoms with Crippen molar-refractivity contribution in [2.24, 2.45) is 5.73 Å². The molecular formula is C11H14N2O2S. The van der Waals surface area contributed by atoms with Crippen LogP contribution in [-0.4, -0.2) is 28.1 Å². The van der Waals surface area contributed by atoms with E-state index in [1.54, 1.807) is 11.8 Å². The number of benzene rings is 1. The van der Waals surface area contributed by atoms with Gasteiger partial charge < -0.3 is 5.73 Å². The first-order valence-electron chi connectivity index (χ1n) is 5.17. The number of hydrogen-bond acceptors (Lipinski definition) is 3. The number of rotatable bonds is 2. The van der Waals surface area contributed by atoms with Crippen LogP contribution < -0.4 is 5.73 Å². The molecular weight excluding hydrogens is 224 g/mol. The summed E-state index contributed by atoms with van der Waals surface area (Å²) >= 11 is 1.69. The summed E-state index contributed by atoms with van der Waals surface area (Å²) in [5.41, 5.74) is 6.32. The molecule has 0 saturated heterocycles. The molecule has 86 valence electrons. The van der Waals surface area contributed by atoms with Crippen molar-refractivity contribution < 1.29 is 10.0 Å². The van der Waals surface area contributed by atoms with Crippen molar-refractivity contribution in [2.45, 2.75) is 23.0 Å². The normalized spacial score (nSPS) is 18.9. The highest BCUT2D eigenvalue weighted by atomic mass is 32.2. The summed E-state index contributed by atoms with van der Waals surface area (Å²) in [7, 11) is 0. The third-order valence-electron chi connectivity index (χ3n) is 2.63. The van der Waals surface area contributed by atoms with E-state index >= 15 is 0 Å². The van der Waals surface area contributed by atoms with Crippen LogP contribution in [0.2, 0.25) is 0 Å². The predicted octanol–water partition coefficient (Wildman–Crippen LogP) is 1.86. The Labute approximate surface area is 98.4 Å². The van der Waals surface area contributed by atoms with Crippen LogP contribution in [0, 0.1) is 0 Å². The average Bonchev–Trinajstić information content (AvgIpc) is 2.28. The van der Waals surface area contributed by atoms with E-state index in [1.165, 1.54) is 10.5 Å². The van der Waals surface area contributed by atoms with Gasteiger partial charge in [0.2, 0.25) is 0 Å². The zero-order valence-electron chi connectivity index (χ0n) is 8.80. The summed E-state index contributed by atoms with van der Waals surface area (Å²) in [6.07, 6.45) is 1.94. The van der Waals surface area contributed by atoms with Gasteiger partial charge in [-0.05, 0) is 24.5 Å². The summed E-state index contributed by atoms with van der Waals surface area (Å²) in [5.74, 6) is 0. The zero-order chi connectivity index (χ0) is 11.5. The van der Waals surface area contributed by atoms with E-state index in [0.29, 0.717) is 5.06 Å². The van der Waals surface area contributed by atoms with E-state index in [4.69, 9.17) is 5.73 Å². The van der Waals surface area contributed by atoms with E-state index in [-0.39, 0.29) is 11.8 Å². The molecule has 0 spiro atoms. The number of hydroxylamine groups is 2. The van der Waals surface area contributed by atoms with Gasteiger partial charge in [-0.3, -0.25) is 5.21 Å². The molecule has 4 nitrogen and oxygen atoms in total. The largest absolute Gasteiger partial charge is 0.350 e. The van der Waals surface area contributed by atoms with E-state index in [9.17, 15) is 10.0 Å². The summed E-state index contributed by atoms with van der Waals surface area (Å²) in [5, 5.41) is 10.1. The lowest BCUT2D eigenvalue weighted by Gasteiger charge is -2.26. The molecule has 2 rings (SSSR count). The smallest absolute Gasteiger partial charge is 0.338 e. The molecule has 2 amide bonds. The van der Waals surface area contributed by atoms with Crippen LogP contribution in [0.15, 0.2) is 29.2 Å². The summed E-state index contributed by atoms with van der Waals surface area (Å²) < 4.78 is 0. The number of thioether (sulfide) groups is 1. The molecule has 3 N–H and O–H groups in total. The molecule has 1 aromatic rings. The van der Waals surface area contributed by atoms with E-state index in [0.717, 1.165) is 12.8 Å². The molecule has 1 heterocycles. The lowest BCUT2D eigenvalue weighted by molar-refractivity contribution is -0.0390. The highest BCUT2D eigenvalue weighted by Gasteiger charge is 2.22. The summed E-state index contributed by atoms with van der Waals surface area (Å²) in [6, 6.07) is 7.42. The molecule has 0 bridgehead atoms. The van der Waals surface area contributed by atoms with Gasteiger partial charge in [0.25, 0.3) is 0 Å². The fourth-order valence-corrected chi connectivity index (χ4v) is 3.08. The van der Waals surface area contributed by atoms with Crippen LogP contribution in [0.1, 0.15) is 12.0 Å². The Morgan fingerprint density at radius 1 is 1.56 bits per heavy atom.